The number of hydrogen-bond acceptors (Lipinski definition) is 3. The molecule has 4 nitrogen and oxygen atoms in total. The third kappa shape index (κ3) is 3.60. The highest BCUT2D eigenvalue weighted by Gasteiger charge is 2.48. The van der Waals surface area contributed by atoms with Crippen LogP contribution in [0.25, 0.3) is 0 Å². The molecule has 2 saturated carbocycles. The molecule has 4 unspecified atom stereocenters. The lowest BCUT2D eigenvalue weighted by Crippen LogP contribution is -2.46. The van der Waals surface area contributed by atoms with Gasteiger partial charge in [0.15, 0.2) is 0 Å². The topological polar surface area (TPSA) is 64.4 Å². The van der Waals surface area contributed by atoms with Crippen LogP contribution in [0.2, 0.25) is 0 Å². The number of nitrogens with one attached hydrogen (secondary N) is 1. The van der Waals surface area contributed by atoms with E-state index in [2.05, 4.69) is 10.1 Å². The molecule has 0 aromatic rings. The Hall–Kier alpha value is -0.820. The highest BCUT2D eigenvalue weighted by atomic mass is 19.4. The van der Waals surface area contributed by atoms with Crippen molar-refractivity contribution < 1.29 is 22.7 Å². The van der Waals surface area contributed by atoms with Gasteiger partial charge in [0.2, 0.25) is 5.91 Å². The lowest BCUT2D eigenvalue weighted by molar-refractivity contribution is -0.173. The first kappa shape index (κ1) is 14.6. The van der Waals surface area contributed by atoms with Gasteiger partial charge in [0.1, 0.15) is 6.61 Å². The lowest BCUT2D eigenvalue weighted by atomic mass is 9.84. The Morgan fingerprint density at radius 3 is 2.58 bits per heavy atom. The molecular weight excluding hydrogens is 261 g/mol. The third-order valence-electron chi connectivity index (χ3n) is 4.09. The molecule has 0 heterocycles. The van der Waals surface area contributed by atoms with Crippen molar-refractivity contribution in [1.29, 1.82) is 0 Å². The minimum atomic E-state index is -4.32. The minimum absolute atomic E-state index is 0.0928. The molecule has 19 heavy (non-hydrogen) atoms. The van der Waals surface area contributed by atoms with Gasteiger partial charge in [-0.1, -0.05) is 0 Å². The zero-order valence-corrected chi connectivity index (χ0v) is 10.6. The highest BCUT2D eigenvalue weighted by Crippen LogP contribution is 2.47. The SMILES string of the molecule is NC1C2CCC(C2)C1C(=O)NCCOCC(F)(F)F. The maximum atomic E-state index is 11.9. The molecule has 2 rings (SSSR count). The molecule has 2 bridgehead atoms. The summed E-state index contributed by atoms with van der Waals surface area (Å²) in [5.74, 6) is 0.454. The van der Waals surface area contributed by atoms with Crippen LogP contribution < -0.4 is 11.1 Å². The molecule has 1 amide bonds. The maximum Gasteiger partial charge on any atom is 0.411 e. The molecule has 0 radical (unpaired) electrons. The second kappa shape index (κ2) is 5.66. The molecule has 0 spiro atoms. The van der Waals surface area contributed by atoms with Crippen LogP contribution in [0.1, 0.15) is 19.3 Å². The number of nitrogens with two attached hydrogens (primary N) is 1. The van der Waals surface area contributed by atoms with E-state index >= 15 is 0 Å². The first-order valence-corrected chi connectivity index (χ1v) is 6.56. The van der Waals surface area contributed by atoms with Crippen molar-refractivity contribution in [2.75, 3.05) is 19.8 Å². The van der Waals surface area contributed by atoms with Crippen molar-refractivity contribution in [2.45, 2.75) is 31.5 Å². The van der Waals surface area contributed by atoms with E-state index < -0.39 is 12.8 Å². The summed E-state index contributed by atoms with van der Waals surface area (Å²) in [6.07, 6.45) is -1.20. The van der Waals surface area contributed by atoms with E-state index in [9.17, 15) is 18.0 Å². The molecule has 0 aromatic heterocycles. The van der Waals surface area contributed by atoms with Gasteiger partial charge in [0.25, 0.3) is 0 Å². The number of carbonyl (C=O) groups is 1. The average molecular weight is 280 g/mol. The van der Waals surface area contributed by atoms with Crippen molar-refractivity contribution in [2.24, 2.45) is 23.5 Å². The monoisotopic (exact) mass is 280 g/mol. The zero-order chi connectivity index (χ0) is 14.0. The first-order chi connectivity index (χ1) is 8.88. The third-order valence-corrected chi connectivity index (χ3v) is 4.09. The van der Waals surface area contributed by atoms with E-state index in [1.54, 1.807) is 0 Å². The number of ether oxygens (including phenoxy) is 1. The summed E-state index contributed by atoms with van der Waals surface area (Å²) >= 11 is 0. The molecule has 3 N–H and O–H groups in total. The quantitative estimate of drug-likeness (QED) is 0.740. The fraction of sp³-hybridized carbons (Fsp3) is 0.917. The minimum Gasteiger partial charge on any atom is -0.370 e. The number of halogens is 3. The Morgan fingerprint density at radius 1 is 1.32 bits per heavy atom. The number of alkyl halides is 3. The zero-order valence-electron chi connectivity index (χ0n) is 10.6. The predicted molar refractivity (Wildman–Crippen MR) is 62.2 cm³/mol. The molecule has 2 fully saturated rings. The Morgan fingerprint density at radius 2 is 2.00 bits per heavy atom. The van der Waals surface area contributed by atoms with Gasteiger partial charge < -0.3 is 15.8 Å². The van der Waals surface area contributed by atoms with Crippen molar-refractivity contribution in [3.8, 4) is 0 Å². The Kier molecular flexibility index (Phi) is 4.35. The number of hydrogen-bond donors (Lipinski definition) is 2. The van der Waals surface area contributed by atoms with Gasteiger partial charge >= 0.3 is 6.18 Å². The van der Waals surface area contributed by atoms with Gasteiger partial charge in [-0.05, 0) is 31.1 Å². The van der Waals surface area contributed by atoms with Gasteiger partial charge in [-0.15, -0.1) is 0 Å². The van der Waals surface area contributed by atoms with Gasteiger partial charge in [-0.3, -0.25) is 4.79 Å². The first-order valence-electron chi connectivity index (χ1n) is 6.56. The molecule has 4 atom stereocenters. The van der Waals surface area contributed by atoms with Crippen LogP contribution in [0, 0.1) is 17.8 Å². The van der Waals surface area contributed by atoms with E-state index in [4.69, 9.17) is 5.73 Å². The summed E-state index contributed by atoms with van der Waals surface area (Å²) in [6, 6.07) is -0.102. The maximum absolute atomic E-state index is 11.9. The molecule has 2 aliphatic rings. The Bertz CT molecular complexity index is 333. The van der Waals surface area contributed by atoms with E-state index in [-0.39, 0.29) is 31.0 Å². The highest BCUT2D eigenvalue weighted by molar-refractivity contribution is 5.80. The van der Waals surface area contributed by atoms with Gasteiger partial charge in [-0.25, -0.2) is 0 Å². The fourth-order valence-electron chi connectivity index (χ4n) is 3.28. The predicted octanol–water partition coefficient (Wildman–Crippen LogP) is 1.05. The number of fused-ring (bicyclic) bond motifs is 2. The van der Waals surface area contributed by atoms with Crippen LogP contribution in [0.15, 0.2) is 0 Å². The molecular formula is C12H19F3N2O2. The lowest BCUT2D eigenvalue weighted by Gasteiger charge is -2.26. The second-order valence-corrected chi connectivity index (χ2v) is 5.40. The summed E-state index contributed by atoms with van der Waals surface area (Å²) in [5, 5.41) is 2.61. The summed E-state index contributed by atoms with van der Waals surface area (Å²) in [4.78, 5) is 11.9. The largest absolute Gasteiger partial charge is 0.411 e. The van der Waals surface area contributed by atoms with E-state index in [1.165, 1.54) is 0 Å². The molecule has 0 saturated heterocycles. The summed E-state index contributed by atoms with van der Waals surface area (Å²) < 4.78 is 39.9. The van der Waals surface area contributed by atoms with Gasteiger partial charge in [-0.2, -0.15) is 13.2 Å². The van der Waals surface area contributed by atoms with Crippen LogP contribution in [0.4, 0.5) is 13.2 Å². The standard InChI is InChI=1S/C12H19F3N2O2/c13-12(14,15)6-19-4-3-17-11(18)9-7-1-2-8(5-7)10(9)16/h7-10H,1-6,16H2,(H,17,18). The van der Waals surface area contributed by atoms with Crippen LogP contribution in [-0.4, -0.2) is 37.9 Å². The van der Waals surface area contributed by atoms with E-state index in [0.717, 1.165) is 19.3 Å². The van der Waals surface area contributed by atoms with Gasteiger partial charge in [0.05, 0.1) is 12.5 Å². The van der Waals surface area contributed by atoms with Crippen molar-refractivity contribution >= 4 is 5.91 Å². The number of rotatable bonds is 5. The van der Waals surface area contributed by atoms with Crippen LogP contribution in [0.5, 0.6) is 0 Å². The van der Waals surface area contributed by atoms with Crippen molar-refractivity contribution in [3.63, 3.8) is 0 Å². The van der Waals surface area contributed by atoms with Crippen LogP contribution >= 0.6 is 0 Å². The average Bonchev–Trinajstić information content (AvgIpc) is 2.87. The summed E-state index contributed by atoms with van der Waals surface area (Å²) in [5.41, 5.74) is 6.01. The summed E-state index contributed by atoms with van der Waals surface area (Å²) in [7, 11) is 0. The molecule has 0 aliphatic heterocycles. The van der Waals surface area contributed by atoms with E-state index in [1.807, 2.05) is 0 Å². The van der Waals surface area contributed by atoms with Crippen molar-refractivity contribution in [3.05, 3.63) is 0 Å². The van der Waals surface area contributed by atoms with Gasteiger partial charge in [0, 0.05) is 12.6 Å². The molecule has 2 aliphatic carbocycles. The Labute approximate surface area is 109 Å². The smallest absolute Gasteiger partial charge is 0.370 e. The molecule has 0 aromatic carbocycles. The van der Waals surface area contributed by atoms with Crippen molar-refractivity contribution in [1.82, 2.24) is 5.32 Å². The molecule has 110 valence electrons. The Balaban J connectivity index is 1.65. The van der Waals surface area contributed by atoms with Crippen LogP contribution in [-0.2, 0) is 9.53 Å². The van der Waals surface area contributed by atoms with Crippen LogP contribution in [0.3, 0.4) is 0 Å². The fourth-order valence-corrected chi connectivity index (χ4v) is 3.28. The summed E-state index contributed by atoms with van der Waals surface area (Å²) in [6.45, 7) is -1.33. The molecule has 7 heteroatoms. The number of carbonyl (C=O) groups excluding carboxylic acids is 1. The second-order valence-electron chi connectivity index (χ2n) is 5.40. The normalized spacial score (nSPS) is 33.7. The van der Waals surface area contributed by atoms with E-state index in [0.29, 0.717) is 11.8 Å². The number of amides is 1.